The minimum Gasteiger partial charge on any atom is -0.493 e. The molecule has 2 N–H and O–H groups in total. The number of carbonyl (C=O) groups is 1. The van der Waals surface area contributed by atoms with Crippen LogP contribution >= 0.6 is 0 Å². The lowest BCUT2D eigenvalue weighted by Gasteiger charge is -2.14. The maximum atomic E-state index is 12.1. The molecule has 0 radical (unpaired) electrons. The standard InChI is InChI=1S/C15H17N3O3/c1-9-7-14(18-21-9)17-15(19)10(2)16-12-3-4-13-11(8-12)5-6-20-13/h3-4,7-8,10,16H,5-6H2,1-2H3,(H,17,18,19)/t10-/m1/s1. The Balaban J connectivity index is 1.62. The first-order chi connectivity index (χ1) is 10.1. The largest absolute Gasteiger partial charge is 0.493 e. The maximum absolute atomic E-state index is 12.1. The van der Waals surface area contributed by atoms with Gasteiger partial charge in [-0.05, 0) is 37.6 Å². The van der Waals surface area contributed by atoms with E-state index in [0.717, 1.165) is 24.5 Å². The van der Waals surface area contributed by atoms with Crippen molar-refractivity contribution in [2.75, 3.05) is 17.2 Å². The topological polar surface area (TPSA) is 76.4 Å². The number of nitrogens with zero attached hydrogens (tertiary/aromatic N) is 1. The summed E-state index contributed by atoms with van der Waals surface area (Å²) in [5.41, 5.74) is 2.07. The highest BCUT2D eigenvalue weighted by atomic mass is 16.5. The van der Waals surface area contributed by atoms with Crippen molar-refractivity contribution in [3.63, 3.8) is 0 Å². The summed E-state index contributed by atoms with van der Waals surface area (Å²) in [7, 11) is 0. The van der Waals surface area contributed by atoms with Gasteiger partial charge in [0, 0.05) is 18.2 Å². The van der Waals surface area contributed by atoms with Crippen LogP contribution in [0.1, 0.15) is 18.2 Å². The van der Waals surface area contributed by atoms with Gasteiger partial charge in [0.05, 0.1) is 6.61 Å². The van der Waals surface area contributed by atoms with Gasteiger partial charge in [0.25, 0.3) is 0 Å². The maximum Gasteiger partial charge on any atom is 0.247 e. The summed E-state index contributed by atoms with van der Waals surface area (Å²) >= 11 is 0. The molecule has 0 spiro atoms. The van der Waals surface area contributed by atoms with Gasteiger partial charge in [0.1, 0.15) is 17.6 Å². The fourth-order valence-electron chi connectivity index (χ4n) is 2.25. The molecule has 0 bridgehead atoms. The fourth-order valence-corrected chi connectivity index (χ4v) is 2.25. The Bertz CT molecular complexity index is 666. The molecule has 21 heavy (non-hydrogen) atoms. The van der Waals surface area contributed by atoms with Crippen molar-refractivity contribution in [3.05, 3.63) is 35.6 Å². The predicted octanol–water partition coefficient (Wildman–Crippen LogP) is 2.36. The van der Waals surface area contributed by atoms with Crippen molar-refractivity contribution in [1.82, 2.24) is 5.16 Å². The summed E-state index contributed by atoms with van der Waals surface area (Å²) in [6, 6.07) is 7.15. The summed E-state index contributed by atoms with van der Waals surface area (Å²) in [6.07, 6.45) is 0.906. The van der Waals surface area contributed by atoms with Crippen LogP contribution in [0, 0.1) is 6.92 Å². The van der Waals surface area contributed by atoms with Crippen LogP contribution in [0.4, 0.5) is 11.5 Å². The first-order valence-corrected chi connectivity index (χ1v) is 6.88. The molecule has 110 valence electrons. The number of carbonyl (C=O) groups excluding carboxylic acids is 1. The average Bonchev–Trinajstić information content (AvgIpc) is 3.07. The second-order valence-corrected chi connectivity index (χ2v) is 5.10. The lowest BCUT2D eigenvalue weighted by molar-refractivity contribution is -0.116. The highest BCUT2D eigenvalue weighted by molar-refractivity contribution is 5.95. The number of aromatic nitrogens is 1. The van der Waals surface area contributed by atoms with Crippen LogP contribution in [0.15, 0.2) is 28.8 Å². The van der Waals surface area contributed by atoms with Crippen molar-refractivity contribution in [3.8, 4) is 5.75 Å². The number of fused-ring (bicyclic) bond motifs is 1. The molecular formula is C15H17N3O3. The zero-order chi connectivity index (χ0) is 14.8. The summed E-state index contributed by atoms with van der Waals surface area (Å²) < 4.78 is 10.4. The summed E-state index contributed by atoms with van der Waals surface area (Å²) in [4.78, 5) is 12.1. The van der Waals surface area contributed by atoms with E-state index in [2.05, 4.69) is 15.8 Å². The molecule has 6 nitrogen and oxygen atoms in total. The smallest absolute Gasteiger partial charge is 0.247 e. The Morgan fingerprint density at radius 2 is 2.24 bits per heavy atom. The van der Waals surface area contributed by atoms with Crippen LogP contribution in [-0.4, -0.2) is 23.7 Å². The van der Waals surface area contributed by atoms with Gasteiger partial charge in [-0.1, -0.05) is 5.16 Å². The molecule has 2 heterocycles. The van der Waals surface area contributed by atoms with Crippen molar-refractivity contribution in [1.29, 1.82) is 0 Å². The Kier molecular flexibility index (Phi) is 3.51. The molecule has 1 aromatic carbocycles. The molecule has 0 fully saturated rings. The van der Waals surface area contributed by atoms with E-state index in [1.807, 2.05) is 18.2 Å². The summed E-state index contributed by atoms with van der Waals surface area (Å²) in [5, 5.41) is 9.62. The molecule has 2 aromatic rings. The molecule has 1 atom stereocenters. The Labute approximate surface area is 122 Å². The lowest BCUT2D eigenvalue weighted by atomic mass is 10.1. The van der Waals surface area contributed by atoms with Gasteiger partial charge in [0.15, 0.2) is 5.82 Å². The third-order valence-corrected chi connectivity index (χ3v) is 3.35. The molecule has 0 saturated carbocycles. The highest BCUT2D eigenvalue weighted by Crippen LogP contribution is 2.28. The molecule has 3 rings (SSSR count). The molecule has 6 heteroatoms. The Hall–Kier alpha value is -2.50. The van der Waals surface area contributed by atoms with Gasteiger partial charge in [-0.2, -0.15) is 0 Å². The molecule has 1 aromatic heterocycles. The van der Waals surface area contributed by atoms with Crippen molar-refractivity contribution in [2.45, 2.75) is 26.3 Å². The van der Waals surface area contributed by atoms with E-state index in [-0.39, 0.29) is 11.9 Å². The third kappa shape index (κ3) is 2.99. The molecular weight excluding hydrogens is 270 g/mol. The number of aryl methyl sites for hydroxylation is 1. The van der Waals surface area contributed by atoms with Gasteiger partial charge in [-0.15, -0.1) is 0 Å². The normalized spacial score (nSPS) is 14.2. The molecule has 1 aliphatic rings. The predicted molar refractivity (Wildman–Crippen MR) is 78.6 cm³/mol. The number of benzene rings is 1. The highest BCUT2D eigenvalue weighted by Gasteiger charge is 2.16. The lowest BCUT2D eigenvalue weighted by Crippen LogP contribution is -2.31. The van der Waals surface area contributed by atoms with E-state index in [0.29, 0.717) is 11.6 Å². The van der Waals surface area contributed by atoms with Crippen LogP contribution in [0.25, 0.3) is 0 Å². The van der Waals surface area contributed by atoms with Crippen LogP contribution in [0.3, 0.4) is 0 Å². The number of ether oxygens (including phenoxy) is 1. The van der Waals surface area contributed by atoms with E-state index in [1.165, 1.54) is 5.56 Å². The summed E-state index contributed by atoms with van der Waals surface area (Å²) in [5.74, 6) is 1.84. The summed E-state index contributed by atoms with van der Waals surface area (Å²) in [6.45, 7) is 4.29. The Morgan fingerprint density at radius 3 is 3.00 bits per heavy atom. The number of rotatable bonds is 4. The van der Waals surface area contributed by atoms with Gasteiger partial charge in [-0.3, -0.25) is 4.79 Å². The van der Waals surface area contributed by atoms with Gasteiger partial charge in [-0.25, -0.2) is 0 Å². The number of amides is 1. The van der Waals surface area contributed by atoms with E-state index in [4.69, 9.17) is 9.26 Å². The second kappa shape index (κ2) is 5.47. The third-order valence-electron chi connectivity index (χ3n) is 3.35. The number of hydrogen-bond acceptors (Lipinski definition) is 5. The molecule has 0 unspecified atom stereocenters. The van der Waals surface area contributed by atoms with E-state index >= 15 is 0 Å². The Morgan fingerprint density at radius 1 is 1.38 bits per heavy atom. The van der Waals surface area contributed by atoms with Crippen molar-refractivity contribution in [2.24, 2.45) is 0 Å². The minimum absolute atomic E-state index is 0.167. The fraction of sp³-hybridized carbons (Fsp3) is 0.333. The first kappa shape index (κ1) is 13.5. The monoisotopic (exact) mass is 287 g/mol. The number of anilines is 2. The van der Waals surface area contributed by atoms with E-state index < -0.39 is 0 Å². The first-order valence-electron chi connectivity index (χ1n) is 6.88. The van der Waals surface area contributed by atoms with Gasteiger partial charge >= 0.3 is 0 Å². The molecule has 1 aliphatic heterocycles. The quantitative estimate of drug-likeness (QED) is 0.902. The number of hydrogen-bond donors (Lipinski definition) is 2. The van der Waals surface area contributed by atoms with E-state index in [1.54, 1.807) is 19.9 Å². The van der Waals surface area contributed by atoms with Gasteiger partial charge < -0.3 is 19.9 Å². The molecule has 0 aliphatic carbocycles. The molecule has 1 amide bonds. The zero-order valence-electron chi connectivity index (χ0n) is 12.0. The second-order valence-electron chi connectivity index (χ2n) is 5.10. The average molecular weight is 287 g/mol. The van der Waals surface area contributed by atoms with Crippen LogP contribution < -0.4 is 15.4 Å². The van der Waals surface area contributed by atoms with Crippen LogP contribution in [0.5, 0.6) is 5.75 Å². The van der Waals surface area contributed by atoms with E-state index in [9.17, 15) is 4.79 Å². The SMILES string of the molecule is Cc1cc(NC(=O)[C@@H](C)Nc2ccc3c(c2)CCO3)no1. The van der Waals surface area contributed by atoms with Crippen LogP contribution in [0.2, 0.25) is 0 Å². The molecule has 0 saturated heterocycles. The van der Waals surface area contributed by atoms with Gasteiger partial charge in [0.2, 0.25) is 5.91 Å². The van der Waals surface area contributed by atoms with Crippen molar-refractivity contribution < 1.29 is 14.1 Å². The van der Waals surface area contributed by atoms with Crippen molar-refractivity contribution >= 4 is 17.4 Å². The number of nitrogens with one attached hydrogen (secondary N) is 2. The zero-order valence-corrected chi connectivity index (χ0v) is 12.0. The minimum atomic E-state index is -0.387. The van der Waals surface area contributed by atoms with Crippen LogP contribution in [-0.2, 0) is 11.2 Å².